The molecule has 0 saturated heterocycles. The molecule has 0 unspecified atom stereocenters. The lowest BCUT2D eigenvalue weighted by Gasteiger charge is -2.05. The molecule has 1 aliphatic rings. The van der Waals surface area contributed by atoms with Crippen LogP contribution >= 0.6 is 0 Å². The zero-order chi connectivity index (χ0) is 7.94. The molecule has 0 heterocycles. The fraction of sp³-hybridized carbons (Fsp3) is 0.800. The van der Waals surface area contributed by atoms with Crippen molar-refractivity contribution in [2.75, 3.05) is 0 Å². The van der Waals surface area contributed by atoms with Crippen molar-refractivity contribution in [3.63, 3.8) is 0 Å². The standard InChI is InChI=1S/C10H17B/c11-10-8-6-4-2-1-3-5-7-9-10/h8H,1-7,9H2/b10-8+. The Morgan fingerprint density at radius 2 is 1.55 bits per heavy atom. The van der Waals surface area contributed by atoms with Crippen LogP contribution in [0.3, 0.4) is 0 Å². The lowest BCUT2D eigenvalue weighted by Crippen LogP contribution is -1.88. The molecule has 0 bridgehead atoms. The van der Waals surface area contributed by atoms with E-state index in [1.807, 2.05) is 0 Å². The molecule has 60 valence electrons. The van der Waals surface area contributed by atoms with E-state index in [-0.39, 0.29) is 0 Å². The first-order chi connectivity index (χ1) is 5.39. The van der Waals surface area contributed by atoms with E-state index < -0.39 is 0 Å². The maximum Gasteiger partial charge on any atom is 0.107 e. The largest absolute Gasteiger partial charge is 0.122 e. The number of rotatable bonds is 0. The molecule has 2 radical (unpaired) electrons. The summed E-state index contributed by atoms with van der Waals surface area (Å²) in [5, 5.41) is 0. The minimum absolute atomic E-state index is 1.12. The predicted molar refractivity (Wildman–Crippen MR) is 50.8 cm³/mol. The first kappa shape index (κ1) is 8.90. The normalized spacial score (nSPS) is 27.1. The molecular weight excluding hydrogens is 131 g/mol. The quantitative estimate of drug-likeness (QED) is 0.463. The zero-order valence-electron chi connectivity index (χ0n) is 7.31. The maximum absolute atomic E-state index is 5.79. The van der Waals surface area contributed by atoms with E-state index in [4.69, 9.17) is 7.85 Å². The van der Waals surface area contributed by atoms with E-state index in [0.29, 0.717) is 0 Å². The lowest BCUT2D eigenvalue weighted by molar-refractivity contribution is 0.590. The van der Waals surface area contributed by atoms with Crippen LogP contribution in [0, 0.1) is 0 Å². The van der Waals surface area contributed by atoms with E-state index >= 15 is 0 Å². The highest BCUT2D eigenvalue weighted by Gasteiger charge is 1.95. The van der Waals surface area contributed by atoms with Gasteiger partial charge in [0.25, 0.3) is 0 Å². The van der Waals surface area contributed by atoms with E-state index in [1.165, 1.54) is 44.9 Å². The second-order valence-electron chi connectivity index (χ2n) is 3.44. The molecule has 1 aliphatic carbocycles. The van der Waals surface area contributed by atoms with Gasteiger partial charge in [0.1, 0.15) is 7.85 Å². The van der Waals surface area contributed by atoms with Crippen molar-refractivity contribution >= 4 is 7.85 Å². The highest BCUT2D eigenvalue weighted by Crippen LogP contribution is 2.14. The van der Waals surface area contributed by atoms with Gasteiger partial charge < -0.3 is 0 Å². The Bertz CT molecular complexity index is 127. The first-order valence-electron chi connectivity index (χ1n) is 4.84. The third-order valence-corrected chi connectivity index (χ3v) is 2.33. The topological polar surface area (TPSA) is 0 Å². The molecule has 0 amide bonds. The van der Waals surface area contributed by atoms with Crippen molar-refractivity contribution < 1.29 is 0 Å². The summed E-state index contributed by atoms with van der Waals surface area (Å²) in [5.74, 6) is 0. The Balaban J connectivity index is 2.27. The fourth-order valence-electron chi connectivity index (χ4n) is 1.57. The Morgan fingerprint density at radius 1 is 0.909 bits per heavy atom. The van der Waals surface area contributed by atoms with E-state index in [9.17, 15) is 0 Å². The van der Waals surface area contributed by atoms with Gasteiger partial charge in [-0.2, -0.15) is 0 Å². The van der Waals surface area contributed by atoms with Gasteiger partial charge in [-0.05, 0) is 19.3 Å². The zero-order valence-corrected chi connectivity index (χ0v) is 7.31. The molecule has 0 saturated carbocycles. The van der Waals surface area contributed by atoms with Crippen molar-refractivity contribution in [3.8, 4) is 0 Å². The molecule has 0 aromatic carbocycles. The third kappa shape index (κ3) is 4.29. The summed E-state index contributed by atoms with van der Waals surface area (Å²) in [6, 6.07) is 0. The SMILES string of the molecule is [B]/C1=C/CCCCCCCC1. The van der Waals surface area contributed by atoms with Crippen LogP contribution in [0.5, 0.6) is 0 Å². The second-order valence-corrected chi connectivity index (χ2v) is 3.44. The molecule has 1 rings (SSSR count). The lowest BCUT2D eigenvalue weighted by atomic mass is 9.88. The van der Waals surface area contributed by atoms with Crippen LogP contribution < -0.4 is 0 Å². The smallest absolute Gasteiger partial charge is 0.107 e. The van der Waals surface area contributed by atoms with E-state index in [1.54, 1.807) is 0 Å². The number of hydrogen-bond acceptors (Lipinski definition) is 0. The van der Waals surface area contributed by atoms with Crippen LogP contribution in [0.1, 0.15) is 51.4 Å². The molecule has 0 atom stereocenters. The summed E-state index contributed by atoms with van der Waals surface area (Å²) in [7, 11) is 5.79. The van der Waals surface area contributed by atoms with Gasteiger partial charge in [0.15, 0.2) is 0 Å². The van der Waals surface area contributed by atoms with Crippen molar-refractivity contribution in [2.24, 2.45) is 0 Å². The van der Waals surface area contributed by atoms with Crippen LogP contribution in [-0.2, 0) is 0 Å². The van der Waals surface area contributed by atoms with E-state index in [0.717, 1.165) is 11.9 Å². The van der Waals surface area contributed by atoms with Crippen LogP contribution in [0.4, 0.5) is 0 Å². The minimum atomic E-state index is 1.12. The summed E-state index contributed by atoms with van der Waals surface area (Å²) < 4.78 is 0. The summed E-state index contributed by atoms with van der Waals surface area (Å²) in [5.41, 5.74) is 1.12. The molecule has 1 heteroatoms. The van der Waals surface area contributed by atoms with Gasteiger partial charge in [0.05, 0.1) is 0 Å². The molecule has 0 nitrogen and oxygen atoms in total. The number of allylic oxidation sites excluding steroid dienone is 2. The average Bonchev–Trinajstić information content (AvgIpc) is 2.03. The molecule has 0 aromatic heterocycles. The van der Waals surface area contributed by atoms with Gasteiger partial charge in [0.2, 0.25) is 0 Å². The highest BCUT2D eigenvalue weighted by atomic mass is 14.0. The van der Waals surface area contributed by atoms with Crippen LogP contribution in [0.25, 0.3) is 0 Å². The van der Waals surface area contributed by atoms with E-state index in [2.05, 4.69) is 6.08 Å². The molecule has 0 aromatic rings. The molecule has 0 fully saturated rings. The first-order valence-corrected chi connectivity index (χ1v) is 4.84. The van der Waals surface area contributed by atoms with Gasteiger partial charge in [-0.25, -0.2) is 0 Å². The highest BCUT2D eigenvalue weighted by molar-refractivity contribution is 6.21. The Hall–Kier alpha value is -0.195. The van der Waals surface area contributed by atoms with Crippen LogP contribution in [0.2, 0.25) is 0 Å². The summed E-state index contributed by atoms with van der Waals surface area (Å²) in [6.07, 6.45) is 12.8. The van der Waals surface area contributed by atoms with Gasteiger partial charge in [-0.3, -0.25) is 0 Å². The summed E-state index contributed by atoms with van der Waals surface area (Å²) >= 11 is 0. The Kier molecular flexibility index (Phi) is 4.41. The maximum atomic E-state index is 5.79. The van der Waals surface area contributed by atoms with Crippen molar-refractivity contribution in [1.29, 1.82) is 0 Å². The van der Waals surface area contributed by atoms with Crippen molar-refractivity contribution in [2.45, 2.75) is 51.4 Å². The van der Waals surface area contributed by atoms with Gasteiger partial charge in [0, 0.05) is 0 Å². The molecule has 11 heavy (non-hydrogen) atoms. The van der Waals surface area contributed by atoms with Gasteiger partial charge >= 0.3 is 0 Å². The second kappa shape index (κ2) is 5.45. The number of hydrogen-bond donors (Lipinski definition) is 0. The molecular formula is C10H17B. The third-order valence-electron chi connectivity index (χ3n) is 2.33. The molecule has 0 spiro atoms. The van der Waals surface area contributed by atoms with Gasteiger partial charge in [-0.1, -0.05) is 38.2 Å². The average molecular weight is 148 g/mol. The summed E-state index contributed by atoms with van der Waals surface area (Å²) in [4.78, 5) is 0. The molecule has 0 N–H and O–H groups in total. The Morgan fingerprint density at radius 3 is 2.36 bits per heavy atom. The van der Waals surface area contributed by atoms with Gasteiger partial charge in [-0.15, -0.1) is 5.47 Å². The van der Waals surface area contributed by atoms with Crippen LogP contribution in [-0.4, -0.2) is 7.85 Å². The van der Waals surface area contributed by atoms with Crippen LogP contribution in [0.15, 0.2) is 11.5 Å². The van der Waals surface area contributed by atoms with Crippen molar-refractivity contribution in [3.05, 3.63) is 11.5 Å². The Labute approximate surface area is 71.5 Å². The predicted octanol–water partition coefficient (Wildman–Crippen LogP) is 3.17. The van der Waals surface area contributed by atoms with Crippen molar-refractivity contribution in [1.82, 2.24) is 0 Å². The molecule has 0 aliphatic heterocycles. The fourth-order valence-corrected chi connectivity index (χ4v) is 1.57. The summed E-state index contributed by atoms with van der Waals surface area (Å²) in [6.45, 7) is 0. The monoisotopic (exact) mass is 148 g/mol. The minimum Gasteiger partial charge on any atom is -0.122 e.